The fourth-order valence-electron chi connectivity index (χ4n) is 3.12. The summed E-state index contributed by atoms with van der Waals surface area (Å²) in [7, 11) is 0. The van der Waals surface area contributed by atoms with Gasteiger partial charge in [0.25, 0.3) is 11.8 Å². The lowest BCUT2D eigenvalue weighted by molar-refractivity contribution is -0.138. The summed E-state index contributed by atoms with van der Waals surface area (Å²) in [6.07, 6.45) is 1.07. The lowest BCUT2D eigenvalue weighted by atomic mass is 10.1. The van der Waals surface area contributed by atoms with E-state index in [0.29, 0.717) is 10.7 Å². The highest BCUT2D eigenvalue weighted by molar-refractivity contribution is 7.13. The van der Waals surface area contributed by atoms with Crippen LogP contribution in [0.25, 0.3) is 0 Å². The standard InChI is InChI=1S/C23H17ClF3N7O2S/c1-12-2-3-14(8-15(12)23(25,26)27)34-21(35)16-9-29-17(37-16)10-30-22(36)19-18(24)20(32-11-31-19)33-13-4-6-28-7-5-13/h2-9,11H,10H2,1H3,(H,30,36)(H,34,35)(H,28,31,32,33). The first-order valence-electron chi connectivity index (χ1n) is 10.5. The van der Waals surface area contributed by atoms with Crippen molar-refractivity contribution in [2.75, 3.05) is 10.6 Å². The maximum Gasteiger partial charge on any atom is 0.416 e. The quantitative estimate of drug-likeness (QED) is 0.289. The summed E-state index contributed by atoms with van der Waals surface area (Å²) in [6.45, 7) is 1.30. The Labute approximate surface area is 217 Å². The topological polar surface area (TPSA) is 122 Å². The second kappa shape index (κ2) is 10.9. The van der Waals surface area contributed by atoms with Crippen LogP contribution in [0.2, 0.25) is 5.02 Å². The average molecular weight is 548 g/mol. The Morgan fingerprint density at radius 1 is 1.03 bits per heavy atom. The minimum absolute atomic E-state index is 0.000704. The molecular weight excluding hydrogens is 531 g/mol. The number of rotatable bonds is 7. The molecule has 4 rings (SSSR count). The molecule has 37 heavy (non-hydrogen) atoms. The van der Waals surface area contributed by atoms with Gasteiger partial charge in [0, 0.05) is 23.8 Å². The molecule has 4 aromatic rings. The third kappa shape index (κ3) is 6.37. The van der Waals surface area contributed by atoms with Gasteiger partial charge in [0.1, 0.15) is 21.2 Å². The number of thiazole rings is 1. The van der Waals surface area contributed by atoms with E-state index in [-0.39, 0.29) is 39.2 Å². The van der Waals surface area contributed by atoms with Crippen LogP contribution in [-0.2, 0) is 12.7 Å². The molecule has 190 valence electrons. The number of nitrogens with zero attached hydrogens (tertiary/aromatic N) is 4. The Balaban J connectivity index is 1.38. The molecule has 3 heterocycles. The van der Waals surface area contributed by atoms with Crippen molar-refractivity contribution in [3.8, 4) is 0 Å². The van der Waals surface area contributed by atoms with Crippen molar-refractivity contribution in [1.29, 1.82) is 0 Å². The van der Waals surface area contributed by atoms with Gasteiger partial charge < -0.3 is 16.0 Å². The molecule has 0 aliphatic rings. The van der Waals surface area contributed by atoms with Crippen molar-refractivity contribution in [1.82, 2.24) is 25.3 Å². The molecule has 0 radical (unpaired) electrons. The van der Waals surface area contributed by atoms with Crippen LogP contribution in [0.15, 0.2) is 55.2 Å². The van der Waals surface area contributed by atoms with Gasteiger partial charge in [-0.05, 0) is 36.8 Å². The Hall–Kier alpha value is -4.10. The summed E-state index contributed by atoms with van der Waals surface area (Å²) in [5.41, 5.74) is -0.190. The van der Waals surface area contributed by atoms with Crippen molar-refractivity contribution < 1.29 is 22.8 Å². The van der Waals surface area contributed by atoms with Gasteiger partial charge in [0.15, 0.2) is 11.5 Å². The summed E-state index contributed by atoms with van der Waals surface area (Å²) in [4.78, 5) is 41.3. The summed E-state index contributed by atoms with van der Waals surface area (Å²) < 4.78 is 39.4. The Kier molecular flexibility index (Phi) is 7.64. The Bertz CT molecular complexity index is 1450. The van der Waals surface area contributed by atoms with Crippen LogP contribution in [0.3, 0.4) is 0 Å². The lowest BCUT2D eigenvalue weighted by Crippen LogP contribution is -2.24. The molecule has 0 bridgehead atoms. The van der Waals surface area contributed by atoms with E-state index >= 15 is 0 Å². The lowest BCUT2D eigenvalue weighted by Gasteiger charge is -2.12. The number of amides is 2. The summed E-state index contributed by atoms with van der Waals surface area (Å²) >= 11 is 7.28. The molecule has 0 aliphatic carbocycles. The van der Waals surface area contributed by atoms with E-state index < -0.39 is 23.6 Å². The van der Waals surface area contributed by atoms with Gasteiger partial charge in [0.05, 0.1) is 18.3 Å². The second-order valence-electron chi connectivity index (χ2n) is 7.53. The van der Waals surface area contributed by atoms with E-state index in [1.807, 2.05) is 0 Å². The van der Waals surface area contributed by atoms with Crippen LogP contribution in [0.1, 0.15) is 36.3 Å². The largest absolute Gasteiger partial charge is 0.416 e. The number of halogens is 4. The maximum absolute atomic E-state index is 13.1. The summed E-state index contributed by atoms with van der Waals surface area (Å²) in [6, 6.07) is 6.93. The van der Waals surface area contributed by atoms with Gasteiger partial charge in [0.2, 0.25) is 0 Å². The number of carbonyl (C=O) groups excluding carboxylic acids is 2. The highest BCUT2D eigenvalue weighted by Crippen LogP contribution is 2.33. The van der Waals surface area contributed by atoms with Crippen molar-refractivity contribution in [3.05, 3.63) is 87.0 Å². The van der Waals surface area contributed by atoms with Gasteiger partial charge in [-0.15, -0.1) is 11.3 Å². The molecule has 0 atom stereocenters. The zero-order chi connectivity index (χ0) is 26.6. The predicted molar refractivity (Wildman–Crippen MR) is 132 cm³/mol. The number of carbonyl (C=O) groups is 2. The van der Waals surface area contributed by atoms with Gasteiger partial charge in [-0.25, -0.2) is 15.0 Å². The molecule has 2 amide bonds. The van der Waals surface area contributed by atoms with E-state index in [4.69, 9.17) is 11.6 Å². The fourth-order valence-corrected chi connectivity index (χ4v) is 4.11. The Morgan fingerprint density at radius 2 is 1.78 bits per heavy atom. The van der Waals surface area contributed by atoms with Crippen LogP contribution in [0.5, 0.6) is 0 Å². The van der Waals surface area contributed by atoms with Crippen LogP contribution in [-0.4, -0.2) is 31.8 Å². The molecule has 14 heteroatoms. The van der Waals surface area contributed by atoms with Crippen LogP contribution in [0.4, 0.5) is 30.4 Å². The highest BCUT2D eigenvalue weighted by atomic mass is 35.5. The third-order valence-electron chi connectivity index (χ3n) is 4.93. The number of aromatic nitrogens is 4. The van der Waals surface area contributed by atoms with Gasteiger partial charge in [-0.3, -0.25) is 14.6 Å². The normalized spacial score (nSPS) is 11.2. The van der Waals surface area contributed by atoms with Gasteiger partial charge in [-0.2, -0.15) is 13.2 Å². The first-order valence-corrected chi connectivity index (χ1v) is 11.7. The number of aryl methyl sites for hydroxylation is 1. The molecule has 3 N–H and O–H groups in total. The van der Waals surface area contributed by atoms with Gasteiger partial charge in [-0.1, -0.05) is 17.7 Å². The molecule has 1 aromatic carbocycles. The molecular formula is C23H17ClF3N7O2S. The molecule has 0 saturated carbocycles. The first kappa shape index (κ1) is 26.0. The van der Waals surface area contributed by atoms with E-state index in [1.54, 1.807) is 24.5 Å². The van der Waals surface area contributed by atoms with Crippen LogP contribution >= 0.6 is 22.9 Å². The smallest absolute Gasteiger partial charge is 0.344 e. The van der Waals surface area contributed by atoms with Crippen LogP contribution in [0, 0.1) is 6.92 Å². The number of alkyl halides is 3. The number of anilines is 3. The summed E-state index contributed by atoms with van der Waals surface area (Å²) in [5, 5.41) is 8.42. The zero-order valence-electron chi connectivity index (χ0n) is 18.9. The third-order valence-corrected chi connectivity index (χ3v) is 6.28. The molecule has 0 aliphatic heterocycles. The van der Waals surface area contributed by atoms with E-state index in [1.165, 1.54) is 31.6 Å². The molecule has 0 fully saturated rings. The zero-order valence-corrected chi connectivity index (χ0v) is 20.5. The molecule has 0 saturated heterocycles. The minimum Gasteiger partial charge on any atom is -0.344 e. The monoisotopic (exact) mass is 547 g/mol. The highest BCUT2D eigenvalue weighted by Gasteiger charge is 2.32. The van der Waals surface area contributed by atoms with Crippen molar-refractivity contribution in [2.45, 2.75) is 19.6 Å². The summed E-state index contributed by atoms with van der Waals surface area (Å²) in [5.74, 6) is -0.991. The van der Waals surface area contributed by atoms with E-state index in [0.717, 1.165) is 17.4 Å². The molecule has 3 aromatic heterocycles. The van der Waals surface area contributed by atoms with Crippen molar-refractivity contribution >= 4 is 51.9 Å². The molecule has 0 unspecified atom stereocenters. The van der Waals surface area contributed by atoms with Crippen LogP contribution < -0.4 is 16.0 Å². The molecule has 9 nitrogen and oxygen atoms in total. The maximum atomic E-state index is 13.1. The number of nitrogens with one attached hydrogen (secondary N) is 3. The van der Waals surface area contributed by atoms with Crippen molar-refractivity contribution in [3.63, 3.8) is 0 Å². The van der Waals surface area contributed by atoms with E-state index in [9.17, 15) is 22.8 Å². The number of hydrogen-bond donors (Lipinski definition) is 3. The second-order valence-corrected chi connectivity index (χ2v) is 9.02. The van der Waals surface area contributed by atoms with Gasteiger partial charge >= 0.3 is 6.18 Å². The SMILES string of the molecule is Cc1ccc(NC(=O)c2cnc(CNC(=O)c3ncnc(Nc4ccncc4)c3Cl)s2)cc1C(F)(F)F. The fraction of sp³-hybridized carbons (Fsp3) is 0.130. The number of pyridine rings is 1. The van der Waals surface area contributed by atoms with Crippen molar-refractivity contribution in [2.24, 2.45) is 0 Å². The number of benzene rings is 1. The predicted octanol–water partition coefficient (Wildman–Crippen LogP) is 5.23. The first-order chi connectivity index (χ1) is 17.6. The van der Waals surface area contributed by atoms with E-state index in [2.05, 4.69) is 35.9 Å². The molecule has 0 spiro atoms. The number of hydrogen-bond acceptors (Lipinski definition) is 8. The minimum atomic E-state index is -4.54. The average Bonchev–Trinajstić information content (AvgIpc) is 3.34. The Morgan fingerprint density at radius 3 is 2.51 bits per heavy atom.